The van der Waals surface area contributed by atoms with Crippen LogP contribution in [0.15, 0.2) is 194 Å². The summed E-state index contributed by atoms with van der Waals surface area (Å²) in [7, 11) is 0. The minimum absolute atomic E-state index is 0.159. The Kier molecular flexibility index (Phi) is 19.5. The average Bonchev–Trinajstić information content (AvgIpc) is 3.47. The molecule has 0 aliphatic heterocycles. The Hall–Kier alpha value is -5.42. The van der Waals surface area contributed by atoms with Crippen LogP contribution < -0.4 is 26.4 Å². The van der Waals surface area contributed by atoms with E-state index in [4.69, 9.17) is 6.15 Å². The second-order valence-electron chi connectivity index (χ2n) is 22.2. The zero-order valence-electron chi connectivity index (χ0n) is 47.4. The van der Waals surface area contributed by atoms with Gasteiger partial charge in [0.25, 0.3) is 0 Å². The first-order valence-corrected chi connectivity index (χ1v) is 43.2. The first kappa shape index (κ1) is 57.8. The van der Waals surface area contributed by atoms with Gasteiger partial charge in [-0.05, 0) is 0 Å². The second kappa shape index (κ2) is 26.0. The summed E-state index contributed by atoms with van der Waals surface area (Å²) in [5.41, 5.74) is 11.7. The van der Waals surface area contributed by atoms with Gasteiger partial charge in [0.1, 0.15) is 0 Å². The molecule has 2 atom stereocenters. The molecule has 0 aliphatic rings. The third-order valence-corrected chi connectivity index (χ3v) is 48.3. The van der Waals surface area contributed by atoms with Crippen molar-refractivity contribution in [3.05, 3.63) is 250 Å². The van der Waals surface area contributed by atoms with E-state index < -0.39 is 45.7 Å². The number of rotatable bonds is 22. The molecule has 0 spiro atoms. The van der Waals surface area contributed by atoms with Gasteiger partial charge in [-0.1, -0.05) is 0 Å². The normalized spacial score (nSPS) is 12.7. The van der Waals surface area contributed by atoms with E-state index in [0.29, 0.717) is 8.87 Å². The fourth-order valence-corrected chi connectivity index (χ4v) is 44.6. The molecule has 77 heavy (non-hydrogen) atoms. The number of carbonyl (C=O) groups is 2. The molecular formula is C70H80Ge2O4Sn. The average molecular weight is 1250 g/mol. The van der Waals surface area contributed by atoms with Gasteiger partial charge >= 0.3 is 476 Å². The molecule has 2 unspecified atom stereocenters. The van der Waals surface area contributed by atoms with Gasteiger partial charge in [0.15, 0.2) is 0 Å². The van der Waals surface area contributed by atoms with Crippen LogP contribution in [0, 0.1) is 55.4 Å². The molecule has 0 N–H and O–H groups in total. The van der Waals surface area contributed by atoms with Crippen LogP contribution in [0.5, 0.6) is 0 Å². The van der Waals surface area contributed by atoms with Crippen molar-refractivity contribution in [1.29, 1.82) is 0 Å². The SMILES string of the molecule is CCC[CH2][Sn]([CH2]CCC)([O]C(=O)C[CH](c1ccc(C)cc1)[Ge]([c]1ccc(C)cc1)([c]1ccc(C)cc1)[c]1ccc(C)cc1)[O]C(=O)C[CH](c1ccc(C)cc1)[Ge]([c]1ccc(C)cc1)([c]1ccc(C)cc1)[c]1ccc(C)cc1. The second-order valence-corrected chi connectivity index (χ2v) is 48.4. The monoisotopic (exact) mass is 1250 g/mol. The number of unbranched alkanes of at least 4 members (excludes halogenated alkanes) is 2. The van der Waals surface area contributed by atoms with Crippen LogP contribution in [0.1, 0.15) is 118 Å². The van der Waals surface area contributed by atoms with Gasteiger partial charge in [-0.15, -0.1) is 0 Å². The van der Waals surface area contributed by atoms with Gasteiger partial charge in [-0.3, -0.25) is 0 Å². The van der Waals surface area contributed by atoms with Gasteiger partial charge in [0.2, 0.25) is 0 Å². The number of aryl methyl sites for hydroxylation is 8. The Morgan fingerprint density at radius 2 is 0.532 bits per heavy atom. The van der Waals surface area contributed by atoms with Crippen LogP contribution in [0.25, 0.3) is 0 Å². The Labute approximate surface area is 471 Å². The Morgan fingerprint density at radius 3 is 0.727 bits per heavy atom. The molecule has 396 valence electrons. The molecule has 0 saturated carbocycles. The zero-order chi connectivity index (χ0) is 54.7. The summed E-state index contributed by atoms with van der Waals surface area (Å²) < 4.78 is 23.1. The van der Waals surface area contributed by atoms with Crippen LogP contribution in [-0.4, -0.2) is 57.7 Å². The van der Waals surface area contributed by atoms with Gasteiger partial charge in [-0.2, -0.15) is 0 Å². The van der Waals surface area contributed by atoms with Crippen molar-refractivity contribution < 1.29 is 15.7 Å². The number of benzene rings is 8. The van der Waals surface area contributed by atoms with Crippen LogP contribution in [-0.2, 0) is 15.7 Å². The van der Waals surface area contributed by atoms with Crippen molar-refractivity contribution in [2.75, 3.05) is 0 Å². The summed E-state index contributed by atoms with van der Waals surface area (Å²) in [5, 5.41) is 0. The molecule has 0 amide bonds. The standard InChI is InChI=1S/2C31H32GeO2.2C4H9.Sn/c2*1-22-5-13-26(14-6-22)30(21-31(33)34)32(27-15-7-23(2)8-16-27,28-17-9-24(3)10-18-28)29-19-11-25(4)12-20-29;2*1-3-4-2;/h2*5-20,30H,21H2,1-4H3,(H,33,34);2*1,3-4H2,2H3;/q;;;;+2/p-2. The Balaban J connectivity index is 1.28. The predicted octanol–water partition coefficient (Wildman–Crippen LogP) is 13.3. The third kappa shape index (κ3) is 13.2. The quantitative estimate of drug-likeness (QED) is 0.0635. The molecule has 0 heterocycles. The van der Waals surface area contributed by atoms with Crippen molar-refractivity contribution in [2.24, 2.45) is 0 Å². The molecule has 0 saturated heterocycles. The van der Waals surface area contributed by atoms with Crippen molar-refractivity contribution >= 4 is 84.1 Å². The maximum absolute atomic E-state index is 15.9. The Morgan fingerprint density at radius 1 is 0.338 bits per heavy atom. The summed E-state index contributed by atoms with van der Waals surface area (Å²) in [6.07, 6.45) is 3.75. The summed E-state index contributed by atoms with van der Waals surface area (Å²) in [6, 6.07) is 72.5. The van der Waals surface area contributed by atoms with Gasteiger partial charge in [-0.25, -0.2) is 0 Å². The van der Waals surface area contributed by atoms with E-state index in [-0.39, 0.29) is 34.3 Å². The maximum atomic E-state index is 15.9. The van der Waals surface area contributed by atoms with E-state index in [1.54, 1.807) is 0 Å². The van der Waals surface area contributed by atoms with E-state index in [1.807, 2.05) is 0 Å². The first-order valence-electron chi connectivity index (χ1n) is 28.1. The van der Waals surface area contributed by atoms with Crippen molar-refractivity contribution in [1.82, 2.24) is 0 Å². The van der Waals surface area contributed by atoms with Gasteiger partial charge < -0.3 is 0 Å². The van der Waals surface area contributed by atoms with Gasteiger partial charge in [0, 0.05) is 0 Å². The fourth-order valence-electron chi connectivity index (χ4n) is 11.8. The van der Waals surface area contributed by atoms with Crippen molar-refractivity contribution in [3.63, 3.8) is 0 Å². The fraction of sp³-hybridized carbons (Fsp3) is 0.286. The summed E-state index contributed by atoms with van der Waals surface area (Å²) in [5.74, 6) is -0.512. The molecule has 4 nitrogen and oxygen atoms in total. The van der Waals surface area contributed by atoms with E-state index in [2.05, 4.69) is 263 Å². The molecule has 0 radical (unpaired) electrons. The summed E-state index contributed by atoms with van der Waals surface area (Å²) in [4.78, 5) is 31.7. The molecule has 0 bridgehead atoms. The molecule has 7 heteroatoms. The molecular weight excluding hydrogens is 1170 g/mol. The van der Waals surface area contributed by atoms with Gasteiger partial charge in [0.05, 0.1) is 0 Å². The molecule has 8 aromatic rings. The number of carbonyl (C=O) groups excluding carboxylic acids is 2. The van der Waals surface area contributed by atoms with E-state index in [0.717, 1.165) is 36.8 Å². The van der Waals surface area contributed by atoms with Crippen LogP contribution >= 0.6 is 0 Å². The summed E-state index contributed by atoms with van der Waals surface area (Å²) in [6.45, 7) is 21.5. The topological polar surface area (TPSA) is 52.6 Å². The van der Waals surface area contributed by atoms with E-state index in [1.165, 1.54) is 70.9 Å². The minimum atomic E-state index is -4.71. The van der Waals surface area contributed by atoms with Crippen LogP contribution in [0.3, 0.4) is 0 Å². The third-order valence-electron chi connectivity index (χ3n) is 16.2. The number of hydrogen-bond acceptors (Lipinski definition) is 4. The van der Waals surface area contributed by atoms with Crippen molar-refractivity contribution in [3.8, 4) is 0 Å². The van der Waals surface area contributed by atoms with Crippen molar-refractivity contribution in [2.45, 2.75) is 126 Å². The molecule has 0 fully saturated rings. The Bertz CT molecular complexity index is 2740. The summed E-state index contributed by atoms with van der Waals surface area (Å²) >= 11 is -12.7. The predicted molar refractivity (Wildman–Crippen MR) is 331 cm³/mol. The zero-order valence-corrected chi connectivity index (χ0v) is 54.5. The first-order chi connectivity index (χ1) is 37.1. The van der Waals surface area contributed by atoms with Crippen LogP contribution in [0.4, 0.5) is 0 Å². The molecule has 8 aromatic carbocycles. The van der Waals surface area contributed by atoms with Crippen LogP contribution in [0.2, 0.25) is 8.87 Å². The van der Waals surface area contributed by atoms with E-state index >= 15 is 9.59 Å². The molecule has 8 rings (SSSR count). The molecule has 0 aliphatic carbocycles. The van der Waals surface area contributed by atoms with E-state index in [9.17, 15) is 0 Å². The molecule has 0 aromatic heterocycles. The number of hydrogen-bond donors (Lipinski definition) is 0.